The molecule has 5 heteroatoms. The van der Waals surface area contributed by atoms with E-state index in [1.54, 1.807) is 12.1 Å². The van der Waals surface area contributed by atoms with Crippen LogP contribution in [-0.4, -0.2) is 33.1 Å². The monoisotopic (exact) mass is 318 g/mol. The molecule has 2 aromatic heterocycles. The van der Waals surface area contributed by atoms with Crippen molar-refractivity contribution in [2.75, 3.05) is 18.0 Å². The number of pyridine rings is 1. The topological polar surface area (TPSA) is 62.1 Å². The van der Waals surface area contributed by atoms with Crippen LogP contribution in [-0.2, 0) is 0 Å². The molecule has 24 heavy (non-hydrogen) atoms. The van der Waals surface area contributed by atoms with Gasteiger partial charge in [-0.2, -0.15) is 0 Å². The third-order valence-electron chi connectivity index (χ3n) is 4.30. The SMILES string of the molecule is Cc1cc(N2CC(c3ccccn3)C2)nc(-c2ccccc2O)n1. The Morgan fingerprint density at radius 2 is 1.83 bits per heavy atom. The van der Waals surface area contributed by atoms with Crippen molar-refractivity contribution in [2.24, 2.45) is 0 Å². The zero-order valence-corrected chi connectivity index (χ0v) is 13.4. The first kappa shape index (κ1) is 14.6. The molecule has 0 bridgehead atoms. The lowest BCUT2D eigenvalue weighted by atomic mass is 9.96. The first-order valence-corrected chi connectivity index (χ1v) is 8.00. The van der Waals surface area contributed by atoms with Gasteiger partial charge in [0.2, 0.25) is 0 Å². The molecule has 0 radical (unpaired) electrons. The zero-order valence-electron chi connectivity index (χ0n) is 13.4. The quantitative estimate of drug-likeness (QED) is 0.804. The van der Waals surface area contributed by atoms with E-state index < -0.39 is 0 Å². The summed E-state index contributed by atoms with van der Waals surface area (Å²) in [6.45, 7) is 3.74. The van der Waals surface area contributed by atoms with E-state index in [4.69, 9.17) is 0 Å². The number of aryl methyl sites for hydroxylation is 1. The second-order valence-corrected chi connectivity index (χ2v) is 6.06. The van der Waals surface area contributed by atoms with Gasteiger partial charge in [-0.05, 0) is 31.2 Å². The number of anilines is 1. The number of phenolic OH excluding ortho intramolecular Hbond substituents is 1. The molecule has 3 aromatic rings. The Kier molecular flexibility index (Phi) is 3.61. The minimum atomic E-state index is 0.198. The van der Waals surface area contributed by atoms with Crippen molar-refractivity contribution in [1.82, 2.24) is 15.0 Å². The van der Waals surface area contributed by atoms with Crippen LogP contribution in [0.15, 0.2) is 54.7 Å². The maximum atomic E-state index is 10.0. The van der Waals surface area contributed by atoms with E-state index in [1.807, 2.05) is 43.5 Å². The predicted molar refractivity (Wildman–Crippen MR) is 93.1 cm³/mol. The molecule has 0 atom stereocenters. The number of nitrogens with zero attached hydrogens (tertiary/aromatic N) is 4. The summed E-state index contributed by atoms with van der Waals surface area (Å²) in [6.07, 6.45) is 1.84. The van der Waals surface area contributed by atoms with Crippen LogP contribution in [0, 0.1) is 6.92 Å². The molecule has 1 aliphatic heterocycles. The minimum absolute atomic E-state index is 0.198. The molecular weight excluding hydrogens is 300 g/mol. The summed E-state index contributed by atoms with van der Waals surface area (Å²) in [5.74, 6) is 2.09. The fourth-order valence-electron chi connectivity index (χ4n) is 2.97. The van der Waals surface area contributed by atoms with Crippen LogP contribution in [0.4, 0.5) is 5.82 Å². The van der Waals surface area contributed by atoms with Gasteiger partial charge in [0.25, 0.3) is 0 Å². The Morgan fingerprint density at radius 3 is 2.58 bits per heavy atom. The zero-order chi connectivity index (χ0) is 16.5. The third kappa shape index (κ3) is 2.69. The standard InChI is InChI=1S/C19H18N4O/c1-13-10-18(22-19(21-13)15-6-2-3-8-17(15)24)23-11-14(12-23)16-7-4-5-9-20-16/h2-10,14,24H,11-12H2,1H3. The second-order valence-electron chi connectivity index (χ2n) is 6.06. The van der Waals surface area contributed by atoms with Crippen molar-refractivity contribution >= 4 is 5.82 Å². The average Bonchev–Trinajstić information content (AvgIpc) is 2.54. The molecule has 0 spiro atoms. The molecule has 3 heterocycles. The van der Waals surface area contributed by atoms with Crippen molar-refractivity contribution in [3.8, 4) is 17.1 Å². The highest BCUT2D eigenvalue weighted by Crippen LogP contribution is 2.32. The lowest BCUT2D eigenvalue weighted by molar-refractivity contribution is 0.476. The van der Waals surface area contributed by atoms with Crippen LogP contribution < -0.4 is 4.90 Å². The molecule has 1 aromatic carbocycles. The molecule has 0 saturated carbocycles. The van der Waals surface area contributed by atoms with Crippen molar-refractivity contribution in [1.29, 1.82) is 0 Å². The van der Waals surface area contributed by atoms with Crippen molar-refractivity contribution in [2.45, 2.75) is 12.8 Å². The van der Waals surface area contributed by atoms with Gasteiger partial charge in [-0.3, -0.25) is 4.98 Å². The van der Waals surface area contributed by atoms with E-state index in [0.717, 1.165) is 30.3 Å². The molecule has 120 valence electrons. The highest BCUT2D eigenvalue weighted by atomic mass is 16.3. The Balaban J connectivity index is 1.58. The summed E-state index contributed by atoms with van der Waals surface area (Å²) >= 11 is 0. The first-order valence-electron chi connectivity index (χ1n) is 8.00. The Hall–Kier alpha value is -2.95. The van der Waals surface area contributed by atoms with E-state index in [-0.39, 0.29) is 5.75 Å². The average molecular weight is 318 g/mol. The molecule has 5 nitrogen and oxygen atoms in total. The van der Waals surface area contributed by atoms with Gasteiger partial charge in [0.05, 0.1) is 5.56 Å². The summed E-state index contributed by atoms with van der Waals surface area (Å²) in [4.78, 5) is 15.8. The van der Waals surface area contributed by atoms with Crippen LogP contribution in [0.25, 0.3) is 11.4 Å². The Morgan fingerprint density at radius 1 is 1.04 bits per heavy atom. The maximum Gasteiger partial charge on any atom is 0.165 e. The molecule has 0 amide bonds. The summed E-state index contributed by atoms with van der Waals surface area (Å²) in [5, 5.41) is 10.0. The van der Waals surface area contributed by atoms with Crippen molar-refractivity contribution in [3.05, 3.63) is 66.1 Å². The summed E-state index contributed by atoms with van der Waals surface area (Å²) in [7, 11) is 0. The second kappa shape index (κ2) is 5.92. The third-order valence-corrected chi connectivity index (χ3v) is 4.30. The van der Waals surface area contributed by atoms with Gasteiger partial charge in [-0.25, -0.2) is 9.97 Å². The molecule has 1 saturated heterocycles. The van der Waals surface area contributed by atoms with Gasteiger partial charge >= 0.3 is 0 Å². The van der Waals surface area contributed by atoms with Gasteiger partial charge in [-0.15, -0.1) is 0 Å². The highest BCUT2D eigenvalue weighted by molar-refractivity contribution is 5.65. The molecular formula is C19H18N4O. The van der Waals surface area contributed by atoms with Crippen molar-refractivity contribution < 1.29 is 5.11 Å². The first-order chi connectivity index (χ1) is 11.7. The largest absolute Gasteiger partial charge is 0.507 e. The predicted octanol–water partition coefficient (Wildman–Crippen LogP) is 3.16. The Bertz CT molecular complexity index is 860. The van der Waals surface area contributed by atoms with Crippen LogP contribution in [0.2, 0.25) is 0 Å². The smallest absolute Gasteiger partial charge is 0.165 e. The fraction of sp³-hybridized carbons (Fsp3) is 0.211. The van der Waals surface area contributed by atoms with Gasteiger partial charge < -0.3 is 10.0 Å². The lowest BCUT2D eigenvalue weighted by Crippen LogP contribution is -2.45. The van der Waals surface area contributed by atoms with Gasteiger partial charge in [-0.1, -0.05) is 18.2 Å². The molecule has 4 rings (SSSR count). The summed E-state index contributed by atoms with van der Waals surface area (Å²) in [6, 6.07) is 15.2. The number of hydrogen-bond acceptors (Lipinski definition) is 5. The number of hydrogen-bond donors (Lipinski definition) is 1. The molecule has 1 fully saturated rings. The minimum Gasteiger partial charge on any atom is -0.507 e. The molecule has 0 unspecified atom stereocenters. The molecule has 1 aliphatic rings. The molecule has 1 N–H and O–H groups in total. The number of aromatic nitrogens is 3. The number of aromatic hydroxyl groups is 1. The van der Waals surface area contributed by atoms with Crippen molar-refractivity contribution in [3.63, 3.8) is 0 Å². The number of phenols is 1. The van der Waals surface area contributed by atoms with Crippen LogP contribution >= 0.6 is 0 Å². The fourth-order valence-corrected chi connectivity index (χ4v) is 2.97. The number of benzene rings is 1. The maximum absolute atomic E-state index is 10.0. The van der Waals surface area contributed by atoms with Crippen LogP contribution in [0.5, 0.6) is 5.75 Å². The van der Waals surface area contributed by atoms with E-state index in [2.05, 4.69) is 25.9 Å². The lowest BCUT2D eigenvalue weighted by Gasteiger charge is -2.40. The molecule has 0 aliphatic carbocycles. The Labute approximate surface area is 140 Å². The van der Waals surface area contributed by atoms with E-state index in [9.17, 15) is 5.11 Å². The van der Waals surface area contributed by atoms with Crippen LogP contribution in [0.1, 0.15) is 17.3 Å². The summed E-state index contributed by atoms with van der Waals surface area (Å²) < 4.78 is 0. The highest BCUT2D eigenvalue weighted by Gasteiger charge is 2.30. The van der Waals surface area contributed by atoms with Gasteiger partial charge in [0, 0.05) is 42.7 Å². The summed E-state index contributed by atoms with van der Waals surface area (Å²) in [5.41, 5.74) is 2.67. The van der Waals surface area contributed by atoms with E-state index in [1.165, 1.54) is 0 Å². The normalized spacial score (nSPS) is 14.5. The van der Waals surface area contributed by atoms with Crippen LogP contribution in [0.3, 0.4) is 0 Å². The van der Waals surface area contributed by atoms with E-state index >= 15 is 0 Å². The van der Waals surface area contributed by atoms with Gasteiger partial charge in [0.15, 0.2) is 5.82 Å². The number of para-hydroxylation sites is 1. The van der Waals surface area contributed by atoms with E-state index in [0.29, 0.717) is 17.3 Å². The number of rotatable bonds is 3. The van der Waals surface area contributed by atoms with Gasteiger partial charge in [0.1, 0.15) is 11.6 Å².